The largest absolute Gasteiger partial charge is 0.421 e. The number of fused-ring (bicyclic) bond motifs is 1. The minimum Gasteiger partial charge on any atom is -0.406 e. The number of rotatable bonds is 3. The summed E-state index contributed by atoms with van der Waals surface area (Å²) >= 11 is 0. The van der Waals surface area contributed by atoms with Crippen LogP contribution in [0.5, 0.6) is 0 Å². The molecule has 0 atom stereocenters. The van der Waals surface area contributed by atoms with Gasteiger partial charge in [-0.3, -0.25) is 4.57 Å². The first-order valence-electron chi connectivity index (χ1n) is 5.55. The van der Waals surface area contributed by atoms with Crippen LogP contribution in [0.15, 0.2) is 27.5 Å². The van der Waals surface area contributed by atoms with Crippen molar-refractivity contribution >= 4 is 11.2 Å². The zero-order chi connectivity index (χ0) is 11.9. The van der Waals surface area contributed by atoms with E-state index in [1.165, 1.54) is 0 Å². The number of aromatic nitrogens is 2. The topological polar surface area (TPSA) is 71.8 Å². The molecular weight excluding hydrogens is 218 g/mol. The predicted octanol–water partition coefficient (Wildman–Crippen LogP) is 1.68. The van der Waals surface area contributed by atoms with E-state index in [2.05, 4.69) is 11.1 Å². The minimum absolute atomic E-state index is 0.0348. The zero-order valence-corrected chi connectivity index (χ0v) is 9.22. The molecule has 0 spiro atoms. The highest BCUT2D eigenvalue weighted by Crippen LogP contribution is 2.49. The van der Waals surface area contributed by atoms with Crippen molar-refractivity contribution in [3.05, 3.63) is 28.9 Å². The number of nitriles is 1. The van der Waals surface area contributed by atoms with Gasteiger partial charge in [0.25, 0.3) is 0 Å². The lowest BCUT2D eigenvalue weighted by Crippen LogP contribution is -2.21. The van der Waals surface area contributed by atoms with Crippen molar-refractivity contribution in [2.75, 3.05) is 0 Å². The van der Waals surface area contributed by atoms with Gasteiger partial charge < -0.3 is 4.42 Å². The Hall–Kier alpha value is -2.09. The van der Waals surface area contributed by atoms with E-state index < -0.39 is 0 Å². The highest BCUT2D eigenvalue weighted by Gasteiger charge is 2.43. The summed E-state index contributed by atoms with van der Waals surface area (Å²) in [7, 11) is 0. The van der Waals surface area contributed by atoms with E-state index in [0.717, 1.165) is 12.8 Å². The van der Waals surface area contributed by atoms with Gasteiger partial charge >= 0.3 is 5.76 Å². The maximum absolute atomic E-state index is 11.7. The zero-order valence-electron chi connectivity index (χ0n) is 9.22. The number of hydrogen-bond donors (Lipinski definition) is 0. The number of nitrogens with zero attached hydrogens (tertiary/aromatic N) is 3. The summed E-state index contributed by atoms with van der Waals surface area (Å²) < 4.78 is 6.65. The van der Waals surface area contributed by atoms with Crippen molar-refractivity contribution in [1.82, 2.24) is 9.55 Å². The molecule has 17 heavy (non-hydrogen) atoms. The van der Waals surface area contributed by atoms with E-state index in [-0.39, 0.29) is 11.2 Å². The van der Waals surface area contributed by atoms with Gasteiger partial charge in [-0.2, -0.15) is 5.26 Å². The van der Waals surface area contributed by atoms with Crippen LogP contribution in [0.3, 0.4) is 0 Å². The van der Waals surface area contributed by atoms with E-state index in [1.807, 2.05) is 0 Å². The lowest BCUT2D eigenvalue weighted by molar-refractivity contribution is 0.402. The second-order valence-corrected chi connectivity index (χ2v) is 4.61. The number of oxazole rings is 1. The Kier molecular flexibility index (Phi) is 2.05. The van der Waals surface area contributed by atoms with E-state index in [4.69, 9.17) is 9.68 Å². The molecule has 0 aliphatic heterocycles. The van der Waals surface area contributed by atoms with Crippen LogP contribution in [-0.2, 0) is 6.54 Å². The Bertz CT molecular complexity index is 658. The summed E-state index contributed by atoms with van der Waals surface area (Å²) in [5.74, 6) is -0.386. The second-order valence-electron chi connectivity index (χ2n) is 4.61. The molecule has 0 unspecified atom stereocenters. The normalized spacial score (nSPS) is 16.9. The number of pyridine rings is 1. The molecule has 3 rings (SSSR count). The molecule has 5 heteroatoms. The van der Waals surface area contributed by atoms with Crippen LogP contribution >= 0.6 is 0 Å². The van der Waals surface area contributed by atoms with E-state index in [9.17, 15) is 4.79 Å². The Morgan fingerprint density at radius 3 is 3.12 bits per heavy atom. The fraction of sp³-hybridized carbons (Fsp3) is 0.417. The van der Waals surface area contributed by atoms with Gasteiger partial charge in [-0.1, -0.05) is 0 Å². The monoisotopic (exact) mass is 229 g/mol. The second kappa shape index (κ2) is 3.45. The predicted molar refractivity (Wildman–Crippen MR) is 60.2 cm³/mol. The lowest BCUT2D eigenvalue weighted by atomic mass is 10.0. The molecule has 1 saturated carbocycles. The molecule has 0 saturated heterocycles. The van der Waals surface area contributed by atoms with Crippen LogP contribution in [0.4, 0.5) is 0 Å². The molecule has 0 N–H and O–H groups in total. The first-order valence-corrected chi connectivity index (χ1v) is 5.55. The third-order valence-corrected chi connectivity index (χ3v) is 3.33. The quantitative estimate of drug-likeness (QED) is 0.802. The van der Waals surface area contributed by atoms with Gasteiger partial charge in [0.2, 0.25) is 0 Å². The fourth-order valence-electron chi connectivity index (χ4n) is 2.11. The van der Waals surface area contributed by atoms with Crippen molar-refractivity contribution in [2.45, 2.75) is 25.8 Å². The van der Waals surface area contributed by atoms with Crippen molar-refractivity contribution in [3.8, 4) is 6.07 Å². The van der Waals surface area contributed by atoms with E-state index >= 15 is 0 Å². The molecule has 86 valence electrons. The molecule has 1 aliphatic carbocycles. The average Bonchev–Trinajstić information content (AvgIpc) is 3.00. The summed E-state index contributed by atoms with van der Waals surface area (Å²) in [4.78, 5) is 15.9. The Balaban J connectivity index is 2.04. The standard InChI is InChI=1S/C12H11N3O2/c13-6-5-12(3-4-12)8-15-10-9(17-11(15)16)2-1-7-14-10/h1-2,7H,3-5,8H2. The summed E-state index contributed by atoms with van der Waals surface area (Å²) in [6.07, 6.45) is 4.11. The molecule has 0 aromatic carbocycles. The van der Waals surface area contributed by atoms with Crippen molar-refractivity contribution in [1.29, 1.82) is 5.26 Å². The smallest absolute Gasteiger partial charge is 0.406 e. The highest BCUT2D eigenvalue weighted by molar-refractivity contribution is 5.67. The molecule has 1 fully saturated rings. The van der Waals surface area contributed by atoms with Crippen LogP contribution in [0.1, 0.15) is 19.3 Å². The van der Waals surface area contributed by atoms with Gasteiger partial charge in [0.05, 0.1) is 6.07 Å². The van der Waals surface area contributed by atoms with Crippen LogP contribution < -0.4 is 5.76 Å². The Morgan fingerprint density at radius 2 is 2.41 bits per heavy atom. The Labute approximate surface area is 97.3 Å². The molecule has 2 aromatic rings. The minimum atomic E-state index is -0.386. The first kappa shape index (κ1) is 10.1. The van der Waals surface area contributed by atoms with Gasteiger partial charge in [0.15, 0.2) is 11.2 Å². The molecule has 0 amide bonds. The molecule has 2 aromatic heterocycles. The first-order chi connectivity index (χ1) is 8.24. The van der Waals surface area contributed by atoms with Gasteiger partial charge in [-0.15, -0.1) is 0 Å². The van der Waals surface area contributed by atoms with Crippen LogP contribution in [-0.4, -0.2) is 9.55 Å². The van der Waals surface area contributed by atoms with Crippen molar-refractivity contribution in [2.24, 2.45) is 5.41 Å². The van der Waals surface area contributed by atoms with Gasteiger partial charge in [-0.25, -0.2) is 9.78 Å². The number of hydrogen-bond acceptors (Lipinski definition) is 4. The third kappa shape index (κ3) is 1.62. The summed E-state index contributed by atoms with van der Waals surface area (Å²) in [5.41, 5.74) is 1.04. The summed E-state index contributed by atoms with van der Waals surface area (Å²) in [5, 5.41) is 8.78. The highest BCUT2D eigenvalue weighted by atomic mass is 16.4. The summed E-state index contributed by atoms with van der Waals surface area (Å²) in [6.45, 7) is 0.531. The molecule has 0 radical (unpaired) electrons. The molecule has 2 heterocycles. The molecule has 5 nitrogen and oxygen atoms in total. The maximum atomic E-state index is 11.7. The van der Waals surface area contributed by atoms with Crippen LogP contribution in [0, 0.1) is 16.7 Å². The van der Waals surface area contributed by atoms with Crippen molar-refractivity contribution < 1.29 is 4.42 Å². The molecule has 1 aliphatic rings. The lowest BCUT2D eigenvalue weighted by Gasteiger charge is -2.10. The van der Waals surface area contributed by atoms with Crippen molar-refractivity contribution in [3.63, 3.8) is 0 Å². The van der Waals surface area contributed by atoms with E-state index in [0.29, 0.717) is 24.2 Å². The van der Waals surface area contributed by atoms with E-state index in [1.54, 1.807) is 22.9 Å². The average molecular weight is 229 g/mol. The Morgan fingerprint density at radius 1 is 1.59 bits per heavy atom. The fourth-order valence-corrected chi connectivity index (χ4v) is 2.11. The third-order valence-electron chi connectivity index (χ3n) is 3.33. The van der Waals surface area contributed by atoms with Crippen LogP contribution in [0.2, 0.25) is 0 Å². The van der Waals surface area contributed by atoms with Gasteiger partial charge in [-0.05, 0) is 25.0 Å². The summed E-state index contributed by atoms with van der Waals surface area (Å²) in [6, 6.07) is 5.64. The van der Waals surface area contributed by atoms with Gasteiger partial charge in [0, 0.05) is 24.6 Å². The van der Waals surface area contributed by atoms with Gasteiger partial charge in [0.1, 0.15) is 0 Å². The SMILES string of the molecule is N#CCC1(Cn2c(=O)oc3cccnc32)CC1. The maximum Gasteiger partial charge on any atom is 0.421 e. The van der Waals surface area contributed by atoms with Crippen LogP contribution in [0.25, 0.3) is 11.2 Å². The molecular formula is C12H11N3O2. The molecule has 0 bridgehead atoms.